The zero-order chi connectivity index (χ0) is 12.3. The van der Waals surface area contributed by atoms with Crippen LogP contribution in [0.5, 0.6) is 11.5 Å². The first kappa shape index (κ1) is 13.2. The van der Waals surface area contributed by atoms with Gasteiger partial charge in [0.05, 0.1) is 14.2 Å². The van der Waals surface area contributed by atoms with Crippen molar-refractivity contribution in [2.75, 3.05) is 14.2 Å². The minimum Gasteiger partial charge on any atom is -0.497 e. The second-order valence-electron chi connectivity index (χ2n) is 3.05. The maximum Gasteiger partial charge on any atom is 0.330 e. The van der Waals surface area contributed by atoms with Crippen LogP contribution in [0.2, 0.25) is 0 Å². The smallest absolute Gasteiger partial charge is 0.330 e. The summed E-state index contributed by atoms with van der Waals surface area (Å²) >= 11 is 2.11. The predicted molar refractivity (Wildman–Crippen MR) is 58.4 cm³/mol. The van der Waals surface area contributed by atoms with Gasteiger partial charge in [0.25, 0.3) is 0 Å². The van der Waals surface area contributed by atoms with E-state index in [2.05, 4.69) is 15.9 Å². The largest absolute Gasteiger partial charge is 0.497 e. The van der Waals surface area contributed by atoms with Gasteiger partial charge in [0, 0.05) is 11.6 Å². The molecule has 0 heterocycles. The molecule has 1 aromatic carbocycles. The number of benzene rings is 1. The van der Waals surface area contributed by atoms with Crippen LogP contribution in [0.15, 0.2) is 18.2 Å². The molecule has 0 amide bonds. The Labute approximate surface area is 100 Å². The van der Waals surface area contributed by atoms with Gasteiger partial charge in [0.2, 0.25) is 0 Å². The standard InChI is InChI=1S/C10H11BrF2O3/c1-15-6-3-4-7(8(5-6)16-2)9(14)10(11,12)13/h3-5,9,14H,1-2H3. The molecule has 0 spiro atoms. The van der Waals surface area contributed by atoms with Gasteiger partial charge in [-0.1, -0.05) is 0 Å². The number of hydrogen-bond donors (Lipinski definition) is 1. The Morgan fingerprint density at radius 2 is 1.94 bits per heavy atom. The lowest BCUT2D eigenvalue weighted by atomic mass is 10.1. The van der Waals surface area contributed by atoms with Crippen molar-refractivity contribution in [1.29, 1.82) is 0 Å². The Bertz CT molecular complexity index is 366. The highest BCUT2D eigenvalue weighted by Crippen LogP contribution is 2.41. The third kappa shape index (κ3) is 2.82. The fraction of sp³-hybridized carbons (Fsp3) is 0.400. The van der Waals surface area contributed by atoms with Crippen molar-refractivity contribution in [1.82, 2.24) is 0 Å². The maximum atomic E-state index is 12.9. The van der Waals surface area contributed by atoms with E-state index in [1.807, 2.05) is 0 Å². The minimum absolute atomic E-state index is 0.00910. The van der Waals surface area contributed by atoms with E-state index >= 15 is 0 Å². The SMILES string of the molecule is COc1ccc(C(O)C(F)(F)Br)c(OC)c1. The number of ether oxygens (including phenoxy) is 2. The molecule has 90 valence electrons. The second-order valence-corrected chi connectivity index (χ2v) is 4.11. The van der Waals surface area contributed by atoms with E-state index in [4.69, 9.17) is 9.47 Å². The zero-order valence-electron chi connectivity index (χ0n) is 8.71. The van der Waals surface area contributed by atoms with Crippen LogP contribution in [0.1, 0.15) is 11.7 Å². The minimum atomic E-state index is -3.41. The highest BCUT2D eigenvalue weighted by Gasteiger charge is 2.37. The van der Waals surface area contributed by atoms with Gasteiger partial charge in [-0.2, -0.15) is 8.78 Å². The molecule has 1 rings (SSSR count). The first-order valence-electron chi connectivity index (χ1n) is 4.37. The molecule has 0 radical (unpaired) electrons. The third-order valence-corrected chi connectivity index (χ3v) is 2.48. The summed E-state index contributed by atoms with van der Waals surface area (Å²) in [5.41, 5.74) is -0.00910. The molecule has 0 saturated heterocycles. The Kier molecular flexibility index (Phi) is 4.09. The number of aliphatic hydroxyl groups is 1. The lowest BCUT2D eigenvalue weighted by molar-refractivity contribution is -0.0305. The number of halogens is 3. The van der Waals surface area contributed by atoms with Crippen LogP contribution in [0, 0.1) is 0 Å². The van der Waals surface area contributed by atoms with Crippen LogP contribution in [-0.2, 0) is 0 Å². The molecule has 3 nitrogen and oxygen atoms in total. The lowest BCUT2D eigenvalue weighted by Gasteiger charge is -2.19. The molecule has 0 saturated carbocycles. The Morgan fingerprint density at radius 3 is 2.38 bits per heavy atom. The molecule has 1 atom stereocenters. The van der Waals surface area contributed by atoms with E-state index in [9.17, 15) is 13.9 Å². The molecule has 0 aromatic heterocycles. The average molecular weight is 297 g/mol. The van der Waals surface area contributed by atoms with E-state index in [1.54, 1.807) is 0 Å². The van der Waals surface area contributed by atoms with Crippen molar-refractivity contribution in [2.24, 2.45) is 0 Å². The molecule has 0 aliphatic carbocycles. The molecule has 1 aromatic rings. The fourth-order valence-corrected chi connectivity index (χ4v) is 1.47. The summed E-state index contributed by atoms with van der Waals surface area (Å²) < 4.78 is 35.6. The maximum absolute atomic E-state index is 12.9. The van der Waals surface area contributed by atoms with Gasteiger partial charge >= 0.3 is 4.83 Å². The first-order chi connectivity index (χ1) is 7.40. The van der Waals surface area contributed by atoms with Gasteiger partial charge in [0.1, 0.15) is 11.5 Å². The number of hydrogen-bond acceptors (Lipinski definition) is 3. The van der Waals surface area contributed by atoms with E-state index < -0.39 is 10.9 Å². The quantitative estimate of drug-likeness (QED) is 0.869. The number of rotatable bonds is 4. The average Bonchev–Trinajstić information content (AvgIpc) is 2.26. The van der Waals surface area contributed by atoms with Crippen molar-refractivity contribution in [3.63, 3.8) is 0 Å². The summed E-state index contributed by atoms with van der Waals surface area (Å²) in [4.78, 5) is -3.41. The summed E-state index contributed by atoms with van der Waals surface area (Å²) in [5, 5.41) is 9.41. The van der Waals surface area contributed by atoms with Crippen LogP contribution in [-0.4, -0.2) is 24.2 Å². The Morgan fingerprint density at radius 1 is 1.31 bits per heavy atom. The normalized spacial score (nSPS) is 13.4. The fourth-order valence-electron chi connectivity index (χ4n) is 1.22. The summed E-state index contributed by atoms with van der Waals surface area (Å²) in [6, 6.07) is 4.23. The van der Waals surface area contributed by atoms with Gasteiger partial charge in [-0.05, 0) is 28.1 Å². The Hall–Kier alpha value is -0.880. The van der Waals surface area contributed by atoms with Gasteiger partial charge in [-0.25, -0.2) is 0 Å². The lowest BCUT2D eigenvalue weighted by Crippen LogP contribution is -2.18. The zero-order valence-corrected chi connectivity index (χ0v) is 10.3. The monoisotopic (exact) mass is 296 g/mol. The van der Waals surface area contributed by atoms with Gasteiger partial charge in [0.15, 0.2) is 6.10 Å². The molecule has 0 bridgehead atoms. The molecule has 16 heavy (non-hydrogen) atoms. The van der Waals surface area contributed by atoms with E-state index in [-0.39, 0.29) is 11.3 Å². The van der Waals surface area contributed by atoms with Crippen LogP contribution >= 0.6 is 15.9 Å². The highest BCUT2D eigenvalue weighted by molar-refractivity contribution is 9.10. The summed E-state index contributed by atoms with van der Waals surface area (Å²) in [5.74, 6) is 0.608. The summed E-state index contributed by atoms with van der Waals surface area (Å²) in [7, 11) is 2.78. The van der Waals surface area contributed by atoms with Crippen molar-refractivity contribution in [2.45, 2.75) is 10.9 Å². The van der Waals surface area contributed by atoms with Gasteiger partial charge < -0.3 is 14.6 Å². The third-order valence-electron chi connectivity index (χ3n) is 2.05. The molecule has 0 aliphatic rings. The van der Waals surface area contributed by atoms with Crippen molar-refractivity contribution >= 4 is 15.9 Å². The number of methoxy groups -OCH3 is 2. The van der Waals surface area contributed by atoms with E-state index in [0.29, 0.717) is 5.75 Å². The molecule has 1 N–H and O–H groups in total. The second kappa shape index (κ2) is 4.97. The first-order valence-corrected chi connectivity index (χ1v) is 5.16. The topological polar surface area (TPSA) is 38.7 Å². The molecular weight excluding hydrogens is 286 g/mol. The van der Waals surface area contributed by atoms with Crippen LogP contribution < -0.4 is 9.47 Å². The van der Waals surface area contributed by atoms with Crippen molar-refractivity contribution in [3.8, 4) is 11.5 Å². The summed E-state index contributed by atoms with van der Waals surface area (Å²) in [6.45, 7) is 0. The van der Waals surface area contributed by atoms with E-state index in [1.165, 1.54) is 32.4 Å². The molecule has 6 heteroatoms. The van der Waals surface area contributed by atoms with Crippen molar-refractivity contribution in [3.05, 3.63) is 23.8 Å². The van der Waals surface area contributed by atoms with Crippen LogP contribution in [0.4, 0.5) is 8.78 Å². The van der Waals surface area contributed by atoms with Crippen LogP contribution in [0.25, 0.3) is 0 Å². The summed E-state index contributed by atoms with van der Waals surface area (Å²) in [6.07, 6.45) is -1.98. The molecular formula is C10H11BrF2O3. The molecule has 0 fully saturated rings. The molecule has 1 unspecified atom stereocenters. The van der Waals surface area contributed by atoms with Crippen LogP contribution in [0.3, 0.4) is 0 Å². The van der Waals surface area contributed by atoms with Crippen molar-refractivity contribution < 1.29 is 23.4 Å². The van der Waals surface area contributed by atoms with E-state index in [0.717, 1.165) is 0 Å². The van der Waals surface area contributed by atoms with Gasteiger partial charge in [-0.15, -0.1) is 0 Å². The molecule has 0 aliphatic heterocycles. The number of aliphatic hydroxyl groups excluding tert-OH is 1. The predicted octanol–water partition coefficient (Wildman–Crippen LogP) is 2.72. The highest BCUT2D eigenvalue weighted by atomic mass is 79.9. The Balaban J connectivity index is 3.14. The number of alkyl halides is 3. The van der Waals surface area contributed by atoms with Gasteiger partial charge in [-0.3, -0.25) is 0 Å².